The Morgan fingerprint density at radius 2 is 1.88 bits per heavy atom. The molecule has 7 nitrogen and oxygen atoms in total. The van der Waals surface area contributed by atoms with E-state index in [1.165, 1.54) is 23.5 Å². The summed E-state index contributed by atoms with van der Waals surface area (Å²) < 4.78 is 15.0. The van der Waals surface area contributed by atoms with Crippen molar-refractivity contribution in [3.05, 3.63) is 81.7 Å². The number of benzene rings is 2. The molecule has 0 unspecified atom stereocenters. The number of rotatable bonds is 5. The Labute approximate surface area is 191 Å². The van der Waals surface area contributed by atoms with Gasteiger partial charge in [0.15, 0.2) is 10.6 Å². The van der Waals surface area contributed by atoms with E-state index in [-0.39, 0.29) is 12.4 Å². The lowest BCUT2D eigenvalue weighted by Crippen LogP contribution is -2.43. The number of carbonyl (C=O) groups is 2. The van der Waals surface area contributed by atoms with Crippen molar-refractivity contribution < 1.29 is 14.0 Å². The highest BCUT2D eigenvalue weighted by atomic mass is 32.1. The number of nitrogens with one attached hydrogen (secondary N) is 3. The first-order chi connectivity index (χ1) is 15.4. The van der Waals surface area contributed by atoms with Gasteiger partial charge in [0.05, 0.1) is 4.88 Å². The minimum absolute atomic E-state index is 0.121. The van der Waals surface area contributed by atoms with E-state index in [4.69, 9.17) is 12.2 Å². The van der Waals surface area contributed by atoms with E-state index in [0.29, 0.717) is 15.5 Å². The van der Waals surface area contributed by atoms with E-state index in [2.05, 4.69) is 21.0 Å². The average Bonchev–Trinajstić information content (AvgIpc) is 3.40. The van der Waals surface area contributed by atoms with Gasteiger partial charge < -0.3 is 0 Å². The molecule has 0 bridgehead atoms. The first-order valence-corrected chi connectivity index (χ1v) is 10.8. The number of hydrogen-bond donors (Lipinski definition) is 3. The van der Waals surface area contributed by atoms with Crippen molar-refractivity contribution in [2.75, 3.05) is 0 Å². The number of aromatic nitrogens is 3. The van der Waals surface area contributed by atoms with Gasteiger partial charge in [-0.05, 0) is 55.0 Å². The summed E-state index contributed by atoms with van der Waals surface area (Å²) in [6.07, 6.45) is 0. The third kappa shape index (κ3) is 4.82. The highest BCUT2D eigenvalue weighted by Crippen LogP contribution is 2.28. The van der Waals surface area contributed by atoms with Crippen LogP contribution >= 0.6 is 23.6 Å². The first kappa shape index (κ1) is 21.6. The normalized spacial score (nSPS) is 10.7. The highest BCUT2D eigenvalue weighted by Gasteiger charge is 2.15. The quantitative estimate of drug-likeness (QED) is 0.302. The number of thiophene rings is 1. The standard InChI is InChI=1S/C22H18FN5O2S2/c1-13-3-2-4-15(11-13)20-25-27-22(31)28(20)12-19(29)24-26-21(30)18-10-9-17(32-18)14-5-7-16(23)8-6-14/h2-11H,12H2,1H3,(H,24,29)(H,26,30)(H,27,31). The minimum Gasteiger partial charge on any atom is -0.291 e. The lowest BCUT2D eigenvalue weighted by atomic mass is 10.1. The minimum atomic E-state index is -0.458. The fourth-order valence-corrected chi connectivity index (χ4v) is 4.17. The lowest BCUT2D eigenvalue weighted by molar-refractivity contribution is -0.122. The molecule has 10 heteroatoms. The van der Waals surface area contributed by atoms with E-state index in [9.17, 15) is 14.0 Å². The van der Waals surface area contributed by atoms with Gasteiger partial charge in [0, 0.05) is 10.4 Å². The molecule has 0 radical (unpaired) electrons. The molecule has 2 aromatic carbocycles. The van der Waals surface area contributed by atoms with E-state index >= 15 is 0 Å². The Bertz CT molecular complexity index is 1340. The summed E-state index contributed by atoms with van der Waals surface area (Å²) >= 11 is 6.49. The molecule has 162 valence electrons. The van der Waals surface area contributed by atoms with Gasteiger partial charge >= 0.3 is 0 Å². The molecule has 4 rings (SSSR count). The Hall–Kier alpha value is -3.63. The Morgan fingerprint density at radius 3 is 2.62 bits per heavy atom. The van der Waals surface area contributed by atoms with Crippen molar-refractivity contribution >= 4 is 35.4 Å². The summed E-state index contributed by atoms with van der Waals surface area (Å²) in [6.45, 7) is 1.84. The van der Waals surface area contributed by atoms with Crippen molar-refractivity contribution in [2.45, 2.75) is 13.5 Å². The molecule has 0 atom stereocenters. The van der Waals surface area contributed by atoms with Crippen LogP contribution < -0.4 is 10.9 Å². The fourth-order valence-electron chi connectivity index (χ4n) is 3.07. The van der Waals surface area contributed by atoms with Gasteiger partial charge in [-0.3, -0.25) is 30.1 Å². The number of hydrazine groups is 1. The Kier molecular flexibility index (Phi) is 6.24. The molecule has 2 aromatic heterocycles. The zero-order valence-electron chi connectivity index (χ0n) is 16.9. The topological polar surface area (TPSA) is 91.8 Å². The third-order valence-corrected chi connectivity index (χ3v) is 6.06. The molecule has 2 amide bonds. The zero-order chi connectivity index (χ0) is 22.7. The Balaban J connectivity index is 1.40. The monoisotopic (exact) mass is 467 g/mol. The van der Waals surface area contributed by atoms with Gasteiger partial charge in [-0.15, -0.1) is 11.3 Å². The van der Waals surface area contributed by atoms with Gasteiger partial charge in [-0.25, -0.2) is 4.39 Å². The number of H-pyrrole nitrogens is 1. The molecule has 0 fully saturated rings. The van der Waals surface area contributed by atoms with Crippen molar-refractivity contribution in [1.29, 1.82) is 0 Å². The highest BCUT2D eigenvalue weighted by molar-refractivity contribution is 7.71. The maximum absolute atomic E-state index is 13.1. The first-order valence-electron chi connectivity index (χ1n) is 9.58. The van der Waals surface area contributed by atoms with Crippen LogP contribution in [0.1, 0.15) is 15.2 Å². The summed E-state index contributed by atoms with van der Waals surface area (Å²) in [5.74, 6) is -0.705. The molecular weight excluding hydrogens is 449 g/mol. The van der Waals surface area contributed by atoms with E-state index in [1.54, 1.807) is 28.8 Å². The van der Waals surface area contributed by atoms with Crippen LogP contribution in [0.3, 0.4) is 0 Å². The van der Waals surface area contributed by atoms with E-state index in [1.807, 2.05) is 31.2 Å². The fraction of sp³-hybridized carbons (Fsp3) is 0.0909. The van der Waals surface area contributed by atoms with Crippen molar-refractivity contribution in [3.63, 3.8) is 0 Å². The van der Waals surface area contributed by atoms with Gasteiger partial charge in [-0.1, -0.05) is 35.9 Å². The maximum atomic E-state index is 13.1. The van der Waals surface area contributed by atoms with Gasteiger partial charge in [-0.2, -0.15) is 5.10 Å². The molecule has 0 spiro atoms. The number of aryl methyl sites for hydroxylation is 1. The van der Waals surface area contributed by atoms with Crippen LogP contribution in [0.25, 0.3) is 21.8 Å². The summed E-state index contributed by atoms with van der Waals surface area (Å²) in [7, 11) is 0. The molecule has 0 saturated carbocycles. The molecular formula is C22H18FN5O2S2. The summed E-state index contributed by atoms with van der Waals surface area (Å²) in [5, 5.41) is 6.92. The second kappa shape index (κ2) is 9.25. The molecule has 2 heterocycles. The van der Waals surface area contributed by atoms with Crippen molar-refractivity contribution in [2.24, 2.45) is 0 Å². The van der Waals surface area contributed by atoms with Crippen LogP contribution in [-0.4, -0.2) is 26.6 Å². The molecule has 3 N–H and O–H groups in total. The molecule has 0 aliphatic carbocycles. The van der Waals surface area contributed by atoms with Crippen LogP contribution in [0.2, 0.25) is 0 Å². The number of nitrogens with zero attached hydrogens (tertiary/aromatic N) is 2. The predicted octanol–water partition coefficient (Wildman–Crippen LogP) is 4.24. The second-order valence-corrected chi connectivity index (χ2v) is 8.45. The SMILES string of the molecule is Cc1cccc(-c2n[nH]c(=S)n2CC(=O)NNC(=O)c2ccc(-c3ccc(F)cc3)s2)c1. The molecule has 0 saturated heterocycles. The summed E-state index contributed by atoms with van der Waals surface area (Å²) in [5.41, 5.74) is 7.48. The van der Waals surface area contributed by atoms with E-state index < -0.39 is 11.8 Å². The largest absolute Gasteiger partial charge is 0.291 e. The number of aromatic amines is 1. The third-order valence-electron chi connectivity index (χ3n) is 4.61. The molecule has 4 aromatic rings. The van der Waals surface area contributed by atoms with Crippen molar-refractivity contribution in [1.82, 2.24) is 25.6 Å². The van der Waals surface area contributed by atoms with Gasteiger partial charge in [0.2, 0.25) is 0 Å². The summed E-state index contributed by atoms with van der Waals surface area (Å²) in [6, 6.07) is 17.1. The van der Waals surface area contributed by atoms with Gasteiger partial charge in [0.25, 0.3) is 11.8 Å². The summed E-state index contributed by atoms with van der Waals surface area (Å²) in [4.78, 5) is 26.1. The number of amides is 2. The van der Waals surface area contributed by atoms with Crippen LogP contribution in [0.4, 0.5) is 4.39 Å². The zero-order valence-corrected chi connectivity index (χ0v) is 18.5. The predicted molar refractivity (Wildman–Crippen MR) is 123 cm³/mol. The molecule has 32 heavy (non-hydrogen) atoms. The van der Waals surface area contributed by atoms with E-state index in [0.717, 1.165) is 21.6 Å². The molecule has 0 aliphatic heterocycles. The van der Waals surface area contributed by atoms with Crippen LogP contribution in [-0.2, 0) is 11.3 Å². The number of hydrogen-bond acceptors (Lipinski definition) is 5. The average molecular weight is 468 g/mol. The molecule has 0 aliphatic rings. The number of carbonyl (C=O) groups excluding carboxylic acids is 2. The van der Waals surface area contributed by atoms with Crippen molar-refractivity contribution in [3.8, 4) is 21.8 Å². The second-order valence-electron chi connectivity index (χ2n) is 6.98. The van der Waals surface area contributed by atoms with Crippen LogP contribution in [0, 0.1) is 17.5 Å². The van der Waals surface area contributed by atoms with Crippen LogP contribution in [0.15, 0.2) is 60.7 Å². The smallest absolute Gasteiger partial charge is 0.279 e. The number of halogens is 1. The van der Waals surface area contributed by atoms with Gasteiger partial charge in [0.1, 0.15) is 12.4 Å². The lowest BCUT2D eigenvalue weighted by Gasteiger charge is -2.09. The maximum Gasteiger partial charge on any atom is 0.279 e. The Morgan fingerprint density at radius 1 is 1.09 bits per heavy atom. The van der Waals surface area contributed by atoms with Crippen LogP contribution in [0.5, 0.6) is 0 Å².